The summed E-state index contributed by atoms with van der Waals surface area (Å²) in [4.78, 5) is 11.0. The van der Waals surface area contributed by atoms with Crippen molar-refractivity contribution in [1.82, 2.24) is 5.32 Å². The third kappa shape index (κ3) is 8.19. The lowest BCUT2D eigenvalue weighted by molar-refractivity contribution is -0.185. The van der Waals surface area contributed by atoms with Crippen molar-refractivity contribution in [3.63, 3.8) is 0 Å². The van der Waals surface area contributed by atoms with E-state index >= 15 is 0 Å². The fourth-order valence-electron chi connectivity index (χ4n) is 0.730. The van der Waals surface area contributed by atoms with Gasteiger partial charge in [0.05, 0.1) is 0 Å². The van der Waals surface area contributed by atoms with Crippen LogP contribution in [0.2, 0.25) is 0 Å². The van der Waals surface area contributed by atoms with Gasteiger partial charge in [0.25, 0.3) is 0 Å². The Morgan fingerprint density at radius 1 is 1.53 bits per heavy atom. The molecule has 0 bridgehead atoms. The first kappa shape index (κ1) is 14.2. The third-order valence-corrected chi connectivity index (χ3v) is 1.50. The number of aliphatic hydroxyl groups excluding tert-OH is 1. The number of hydrogen-bond acceptors (Lipinski definition) is 3. The van der Waals surface area contributed by atoms with Crippen molar-refractivity contribution < 1.29 is 27.8 Å². The molecule has 1 atom stereocenters. The highest BCUT2D eigenvalue weighted by Crippen LogP contribution is 2.15. The van der Waals surface area contributed by atoms with Gasteiger partial charge in [0.2, 0.25) is 5.91 Å². The second-order valence-electron chi connectivity index (χ2n) is 2.94. The summed E-state index contributed by atoms with van der Waals surface area (Å²) in [5, 5.41) is 10.7. The minimum atomic E-state index is -4.43. The number of carbonyl (C=O) groups is 1. The van der Waals surface area contributed by atoms with Gasteiger partial charge in [0.15, 0.2) is 0 Å². The SMILES string of the molecule is C[C@@H](OCC(F)(F)F)C(=O)NCCCO. The predicted octanol–water partition coefficient (Wildman–Crippen LogP) is 0.452. The van der Waals surface area contributed by atoms with Crippen LogP contribution in [-0.2, 0) is 9.53 Å². The minimum Gasteiger partial charge on any atom is -0.396 e. The largest absolute Gasteiger partial charge is 0.411 e. The molecular weight excluding hydrogens is 215 g/mol. The Balaban J connectivity index is 3.70. The molecule has 0 fully saturated rings. The van der Waals surface area contributed by atoms with E-state index in [2.05, 4.69) is 10.1 Å². The van der Waals surface area contributed by atoms with Crippen molar-refractivity contribution in [1.29, 1.82) is 0 Å². The van der Waals surface area contributed by atoms with Crippen LogP contribution in [0.25, 0.3) is 0 Å². The van der Waals surface area contributed by atoms with E-state index in [0.29, 0.717) is 6.42 Å². The third-order valence-electron chi connectivity index (χ3n) is 1.50. The van der Waals surface area contributed by atoms with Crippen LogP contribution in [0.1, 0.15) is 13.3 Å². The number of aliphatic hydroxyl groups is 1. The van der Waals surface area contributed by atoms with E-state index in [1.807, 2.05) is 0 Å². The summed E-state index contributed by atoms with van der Waals surface area (Å²) in [5.41, 5.74) is 0. The van der Waals surface area contributed by atoms with Gasteiger partial charge in [-0.1, -0.05) is 0 Å². The maximum absolute atomic E-state index is 11.7. The Kier molecular flexibility index (Phi) is 6.26. The van der Waals surface area contributed by atoms with E-state index in [1.165, 1.54) is 6.92 Å². The average molecular weight is 229 g/mol. The lowest BCUT2D eigenvalue weighted by atomic mass is 10.3. The second-order valence-corrected chi connectivity index (χ2v) is 2.94. The molecule has 90 valence electrons. The normalized spacial score (nSPS) is 13.7. The van der Waals surface area contributed by atoms with Gasteiger partial charge in [-0.25, -0.2) is 0 Å². The zero-order valence-electron chi connectivity index (χ0n) is 8.30. The first-order valence-corrected chi connectivity index (χ1v) is 4.43. The maximum atomic E-state index is 11.7. The smallest absolute Gasteiger partial charge is 0.396 e. The standard InChI is InChI=1S/C8H14F3NO3/c1-6(15-5-8(9,10)11)7(14)12-3-2-4-13/h6,13H,2-5H2,1H3,(H,12,14)/t6-/m1/s1. The molecular formula is C8H14F3NO3. The molecule has 0 radical (unpaired) electrons. The topological polar surface area (TPSA) is 58.6 Å². The van der Waals surface area contributed by atoms with E-state index in [-0.39, 0.29) is 13.2 Å². The summed E-state index contributed by atoms with van der Waals surface area (Å²) >= 11 is 0. The number of ether oxygens (including phenoxy) is 1. The van der Waals surface area contributed by atoms with Gasteiger partial charge >= 0.3 is 6.18 Å². The van der Waals surface area contributed by atoms with Crippen LogP contribution in [0.3, 0.4) is 0 Å². The molecule has 2 N–H and O–H groups in total. The summed E-state index contributed by atoms with van der Waals surface area (Å²) in [6.07, 6.45) is -5.22. The Labute approximate surface area is 85.4 Å². The van der Waals surface area contributed by atoms with Gasteiger partial charge in [-0.2, -0.15) is 13.2 Å². The van der Waals surface area contributed by atoms with E-state index in [0.717, 1.165) is 0 Å². The molecule has 15 heavy (non-hydrogen) atoms. The number of carbonyl (C=O) groups excluding carboxylic acids is 1. The molecule has 4 nitrogen and oxygen atoms in total. The molecule has 0 aliphatic heterocycles. The van der Waals surface area contributed by atoms with Gasteiger partial charge in [0.1, 0.15) is 12.7 Å². The van der Waals surface area contributed by atoms with E-state index in [4.69, 9.17) is 5.11 Å². The van der Waals surface area contributed by atoms with Gasteiger partial charge in [0, 0.05) is 13.2 Å². The molecule has 0 rings (SSSR count). The summed E-state index contributed by atoms with van der Waals surface area (Å²) in [6, 6.07) is 0. The Morgan fingerprint density at radius 3 is 2.60 bits per heavy atom. The number of rotatable bonds is 6. The predicted molar refractivity (Wildman–Crippen MR) is 46.2 cm³/mol. The van der Waals surface area contributed by atoms with Crippen LogP contribution >= 0.6 is 0 Å². The molecule has 0 aromatic carbocycles. The first-order chi connectivity index (χ1) is 6.87. The van der Waals surface area contributed by atoms with Gasteiger partial charge in [-0.3, -0.25) is 4.79 Å². The molecule has 0 aliphatic carbocycles. The molecule has 0 heterocycles. The molecule has 0 aliphatic rings. The molecule has 7 heteroatoms. The summed E-state index contributed by atoms with van der Waals surface area (Å²) < 4.78 is 39.4. The molecule has 0 aromatic heterocycles. The minimum absolute atomic E-state index is 0.0852. The molecule has 0 spiro atoms. The van der Waals surface area contributed by atoms with Crippen molar-refractivity contribution in [3.05, 3.63) is 0 Å². The highest BCUT2D eigenvalue weighted by molar-refractivity contribution is 5.80. The number of halogens is 3. The van der Waals surface area contributed by atoms with Crippen molar-refractivity contribution >= 4 is 5.91 Å². The molecule has 1 amide bonds. The van der Waals surface area contributed by atoms with E-state index in [9.17, 15) is 18.0 Å². The van der Waals surface area contributed by atoms with E-state index in [1.54, 1.807) is 0 Å². The molecule has 0 saturated heterocycles. The van der Waals surface area contributed by atoms with Gasteiger partial charge in [-0.15, -0.1) is 0 Å². The Hall–Kier alpha value is -0.820. The molecule has 0 aromatic rings. The van der Waals surface area contributed by atoms with Crippen molar-refractivity contribution in [2.45, 2.75) is 25.6 Å². The maximum Gasteiger partial charge on any atom is 0.411 e. The van der Waals surface area contributed by atoms with Gasteiger partial charge in [-0.05, 0) is 13.3 Å². The van der Waals surface area contributed by atoms with Crippen LogP contribution in [0.4, 0.5) is 13.2 Å². The quantitative estimate of drug-likeness (QED) is 0.650. The number of amides is 1. The first-order valence-electron chi connectivity index (χ1n) is 4.43. The summed E-state index contributed by atoms with van der Waals surface area (Å²) in [5.74, 6) is -0.618. The second kappa shape index (κ2) is 6.62. The van der Waals surface area contributed by atoms with Crippen LogP contribution in [-0.4, -0.2) is 43.1 Å². The molecule has 0 saturated carbocycles. The Morgan fingerprint density at radius 2 is 2.13 bits per heavy atom. The van der Waals surface area contributed by atoms with Gasteiger partial charge < -0.3 is 15.2 Å². The van der Waals surface area contributed by atoms with Crippen molar-refractivity contribution in [2.24, 2.45) is 0 Å². The highest BCUT2D eigenvalue weighted by Gasteiger charge is 2.29. The zero-order valence-corrected chi connectivity index (χ0v) is 8.30. The average Bonchev–Trinajstić information content (AvgIpc) is 2.13. The number of hydrogen-bond donors (Lipinski definition) is 2. The van der Waals surface area contributed by atoms with Crippen molar-refractivity contribution in [2.75, 3.05) is 19.8 Å². The Bertz CT molecular complexity index is 196. The summed E-state index contributed by atoms with van der Waals surface area (Å²) in [7, 11) is 0. The number of nitrogens with one attached hydrogen (secondary N) is 1. The fraction of sp³-hybridized carbons (Fsp3) is 0.875. The summed E-state index contributed by atoms with van der Waals surface area (Å²) in [6.45, 7) is -0.0747. The fourth-order valence-corrected chi connectivity index (χ4v) is 0.730. The monoisotopic (exact) mass is 229 g/mol. The van der Waals surface area contributed by atoms with Crippen LogP contribution in [0.15, 0.2) is 0 Å². The highest BCUT2D eigenvalue weighted by atomic mass is 19.4. The zero-order chi connectivity index (χ0) is 11.9. The van der Waals surface area contributed by atoms with Crippen LogP contribution < -0.4 is 5.32 Å². The van der Waals surface area contributed by atoms with Crippen LogP contribution in [0, 0.1) is 0 Å². The lowest BCUT2D eigenvalue weighted by Crippen LogP contribution is -2.37. The molecule has 0 unspecified atom stereocenters. The van der Waals surface area contributed by atoms with Crippen molar-refractivity contribution in [3.8, 4) is 0 Å². The van der Waals surface area contributed by atoms with E-state index < -0.39 is 24.8 Å². The lowest BCUT2D eigenvalue weighted by Gasteiger charge is -2.14. The number of alkyl halides is 3. The van der Waals surface area contributed by atoms with Crippen LogP contribution in [0.5, 0.6) is 0 Å².